The summed E-state index contributed by atoms with van der Waals surface area (Å²) >= 11 is 17.4. The van der Waals surface area contributed by atoms with E-state index in [1.54, 1.807) is 188 Å². The van der Waals surface area contributed by atoms with E-state index in [1.165, 1.54) is 63.0 Å². The van der Waals surface area contributed by atoms with Crippen molar-refractivity contribution in [3.05, 3.63) is 366 Å². The van der Waals surface area contributed by atoms with Gasteiger partial charge in [0.15, 0.2) is 0 Å². The number of hydrogen-bond donors (Lipinski definition) is 2. The van der Waals surface area contributed by atoms with Crippen molar-refractivity contribution in [1.29, 1.82) is 0 Å². The normalized spacial score (nSPS) is 12.5. The Balaban J connectivity index is 0.000000144. The number of rotatable bonds is 22. The minimum absolute atomic E-state index is 0.0280. The van der Waals surface area contributed by atoms with Gasteiger partial charge in [0.05, 0.1) is 65.0 Å². The molecule has 12 aromatic rings. The van der Waals surface area contributed by atoms with Gasteiger partial charge in [0.1, 0.15) is 18.2 Å². The van der Waals surface area contributed by atoms with Gasteiger partial charge in [0.2, 0.25) is 23.1 Å². The third-order valence-corrected chi connectivity index (χ3v) is 19.7. The van der Waals surface area contributed by atoms with Crippen LogP contribution in [0.4, 0.5) is 4.39 Å². The molecule has 100 heavy (non-hydrogen) atoms. The molecule has 4 aromatic heterocycles. The van der Waals surface area contributed by atoms with Gasteiger partial charge in [0, 0.05) is 52.6 Å². The second-order valence-electron chi connectivity index (χ2n) is 22.1. The highest BCUT2D eigenvalue weighted by molar-refractivity contribution is 7.13. The summed E-state index contributed by atoms with van der Waals surface area (Å²) in [5.74, 6) is -2.28. The van der Waals surface area contributed by atoms with Crippen molar-refractivity contribution in [1.82, 2.24) is 5.32 Å². The molecule has 0 saturated heterocycles. The maximum Gasteiger partial charge on any atom is 0.339 e. The Morgan fingerprint density at radius 3 is 1.26 bits per heavy atom. The first-order valence-electron chi connectivity index (χ1n) is 31.1. The van der Waals surface area contributed by atoms with E-state index in [4.69, 9.17) is 37.4 Å². The average molecular weight is 1450 g/mol. The van der Waals surface area contributed by atoms with Crippen molar-refractivity contribution in [3.63, 3.8) is 0 Å². The molecule has 8 aromatic carbocycles. The number of phenolic OH excluding ortho intramolecular Hbond substituents is 1. The summed E-state index contributed by atoms with van der Waals surface area (Å²) in [4.78, 5) is 103. The Labute approximate surface area is 601 Å². The molecule has 1 aliphatic rings. The number of phenols is 1. The molecule has 1 saturated carbocycles. The second-order valence-corrected chi connectivity index (χ2v) is 26.7. The van der Waals surface area contributed by atoms with Crippen molar-refractivity contribution in [2.45, 2.75) is 37.8 Å². The maximum absolute atomic E-state index is 12.9. The zero-order chi connectivity index (χ0) is 70.3. The summed E-state index contributed by atoms with van der Waals surface area (Å²) in [6.45, 7) is 0.301. The predicted molar refractivity (Wildman–Crippen MR) is 390 cm³/mol. The Hall–Kier alpha value is -10.6. The van der Waals surface area contributed by atoms with Gasteiger partial charge >= 0.3 is 17.9 Å². The third kappa shape index (κ3) is 19.6. The van der Waals surface area contributed by atoms with Gasteiger partial charge in [-0.1, -0.05) is 187 Å². The van der Waals surface area contributed by atoms with E-state index in [0.717, 1.165) is 17.5 Å². The zero-order valence-electron chi connectivity index (χ0n) is 53.0. The fourth-order valence-electron chi connectivity index (χ4n) is 10.2. The number of hydrogen-bond acceptors (Lipinski definition) is 16. The van der Waals surface area contributed by atoms with Crippen LogP contribution in [0.2, 0.25) is 10.0 Å². The highest BCUT2D eigenvalue weighted by atomic mass is 35.5. The first-order valence-corrected chi connectivity index (χ1v) is 35.4. The summed E-state index contributed by atoms with van der Waals surface area (Å²) in [7, 11) is 0. The Morgan fingerprint density at radius 1 is 0.420 bits per heavy atom. The van der Waals surface area contributed by atoms with E-state index in [2.05, 4.69) is 17.4 Å². The molecule has 2 atom stereocenters. The highest BCUT2D eigenvalue weighted by Gasteiger charge is 2.40. The summed E-state index contributed by atoms with van der Waals surface area (Å²) < 4.78 is 28.8. The number of esters is 3. The molecule has 20 heteroatoms. The SMILES string of the molecule is O=C(NC1CC1c1ccccc1)c1ccccc1C(=O)c1cccs1.O=C(OCCc1ccc(F)cc1)c1ccccc1C(=O)c1cccs1.O=C(OCCc1cccc(O)c1)c1ccccc1C(=O)c1cccs1.O=C(OCc1cccc(Cl)c1Cl)c1ccccc1C(=O)c1cccs1. The van der Waals surface area contributed by atoms with Crippen molar-refractivity contribution in [2.24, 2.45) is 0 Å². The fraction of sp³-hybridized carbons (Fsp3) is 0.100. The Kier molecular flexibility index (Phi) is 25.8. The summed E-state index contributed by atoms with van der Waals surface area (Å²) in [5, 5.41) is 20.6. The smallest absolute Gasteiger partial charge is 0.339 e. The van der Waals surface area contributed by atoms with Crippen LogP contribution in [0.1, 0.15) is 137 Å². The van der Waals surface area contributed by atoms with Crippen molar-refractivity contribution in [3.8, 4) is 5.75 Å². The molecule has 1 amide bonds. The second kappa shape index (κ2) is 35.8. The number of benzene rings is 8. The molecule has 13 nitrogen and oxygen atoms in total. The molecule has 13 rings (SSSR count). The topological polar surface area (TPSA) is 197 Å². The van der Waals surface area contributed by atoms with Crippen LogP contribution in [0.15, 0.2) is 264 Å². The number of halogens is 3. The Morgan fingerprint density at radius 2 is 0.820 bits per heavy atom. The molecule has 1 fully saturated rings. The van der Waals surface area contributed by atoms with Crippen LogP contribution >= 0.6 is 68.5 Å². The van der Waals surface area contributed by atoms with Crippen LogP contribution in [0.3, 0.4) is 0 Å². The van der Waals surface area contributed by atoms with Crippen LogP contribution < -0.4 is 5.32 Å². The lowest BCUT2D eigenvalue weighted by atomic mass is 10.0. The lowest BCUT2D eigenvalue weighted by molar-refractivity contribution is 0.0467. The molecule has 1 aliphatic carbocycles. The van der Waals surface area contributed by atoms with E-state index in [-0.39, 0.29) is 83.2 Å². The third-order valence-electron chi connectivity index (χ3n) is 15.4. The van der Waals surface area contributed by atoms with Crippen molar-refractivity contribution < 1.29 is 62.1 Å². The van der Waals surface area contributed by atoms with Crippen LogP contribution in [0.5, 0.6) is 5.75 Å². The predicted octanol–water partition coefficient (Wildman–Crippen LogP) is 18.5. The van der Waals surface area contributed by atoms with Gasteiger partial charge in [-0.25, -0.2) is 18.8 Å². The van der Waals surface area contributed by atoms with Gasteiger partial charge in [-0.2, -0.15) is 0 Å². The summed E-state index contributed by atoms with van der Waals surface area (Å²) in [6, 6.07) is 69.4. The molecular formula is C80H60Cl2FNO12S4. The molecule has 2 unspecified atom stereocenters. The maximum atomic E-state index is 12.9. The molecule has 0 spiro atoms. The van der Waals surface area contributed by atoms with Crippen molar-refractivity contribution >= 4 is 115 Å². The van der Waals surface area contributed by atoms with Crippen LogP contribution in [-0.4, -0.2) is 71.3 Å². The number of thiophene rings is 4. The van der Waals surface area contributed by atoms with Crippen LogP contribution in [-0.2, 0) is 33.7 Å². The summed E-state index contributed by atoms with van der Waals surface area (Å²) in [5.41, 5.74) is 6.21. The number of aromatic hydroxyl groups is 1. The quantitative estimate of drug-likeness (QED) is 0.0371. The largest absolute Gasteiger partial charge is 0.508 e. The van der Waals surface area contributed by atoms with E-state index in [9.17, 15) is 47.9 Å². The average Bonchev–Trinajstić information content (AvgIpc) is 1.58. The van der Waals surface area contributed by atoms with Crippen LogP contribution in [0.25, 0.3) is 0 Å². The minimum atomic E-state index is -0.587. The first kappa shape index (κ1) is 72.2. The molecule has 0 radical (unpaired) electrons. The van der Waals surface area contributed by atoms with E-state index in [1.807, 2.05) is 51.9 Å². The monoisotopic (exact) mass is 1440 g/mol. The number of amides is 1. The van der Waals surface area contributed by atoms with Crippen molar-refractivity contribution in [2.75, 3.05) is 13.2 Å². The van der Waals surface area contributed by atoms with Gasteiger partial charge in [0.25, 0.3) is 5.91 Å². The van der Waals surface area contributed by atoms with E-state index in [0.29, 0.717) is 81.7 Å². The first-order chi connectivity index (χ1) is 48.6. The van der Waals surface area contributed by atoms with Gasteiger partial charge in [-0.3, -0.25) is 24.0 Å². The number of carbonyl (C=O) groups is 8. The minimum Gasteiger partial charge on any atom is -0.508 e. The molecular weight excluding hydrogens is 1390 g/mol. The molecule has 0 aliphatic heterocycles. The highest BCUT2D eigenvalue weighted by Crippen LogP contribution is 2.41. The van der Waals surface area contributed by atoms with Gasteiger partial charge in [-0.05, 0) is 123 Å². The Bertz CT molecular complexity index is 4800. The number of ketones is 4. The zero-order valence-corrected chi connectivity index (χ0v) is 57.8. The van der Waals surface area contributed by atoms with Gasteiger partial charge < -0.3 is 24.6 Å². The number of ether oxygens (including phenoxy) is 3. The molecule has 4 heterocycles. The lowest BCUT2D eigenvalue weighted by Crippen LogP contribution is -2.28. The summed E-state index contributed by atoms with van der Waals surface area (Å²) in [6.07, 6.45) is 1.91. The van der Waals surface area contributed by atoms with Crippen LogP contribution in [0, 0.1) is 5.82 Å². The fourth-order valence-corrected chi connectivity index (χ4v) is 13.3. The van der Waals surface area contributed by atoms with E-state index < -0.39 is 17.9 Å². The van der Waals surface area contributed by atoms with Gasteiger partial charge in [-0.15, -0.1) is 45.3 Å². The molecule has 502 valence electrons. The van der Waals surface area contributed by atoms with E-state index >= 15 is 0 Å². The molecule has 0 bridgehead atoms. The number of nitrogens with one attached hydrogen (secondary N) is 1. The standard InChI is InChI=1S/C21H17NO2S.C20H15FO3S.C20H16O4S.C19H12Cl2O3S/c23-20(19-11-6-12-25-19)15-9-4-5-10-16(15)21(24)22-18-13-17(18)14-7-2-1-3-8-14;21-15-9-7-14(8-10-15)11-12-24-20(23)17-5-2-1-4-16(17)19(22)18-6-3-13-25-18;21-15-6-3-5-14(13-15)10-11-24-20(23)17-8-2-1-7-16(17)19(22)18-9-4-12-25-18;20-15-8-3-5-12(17(15)21)11-24-19(23)14-7-2-1-6-13(14)18(22)16-9-4-10-25-16/h1-12,17-18H,13H2,(H,22,24);1-10,13H,11-12H2;1-9,12-13,21H,10-11H2;1-10H,11H2. The molecule has 2 N–H and O–H groups in total. The lowest BCUT2D eigenvalue weighted by Gasteiger charge is -2.10. The number of carbonyl (C=O) groups excluding carboxylic acids is 8.